The zero-order valence-corrected chi connectivity index (χ0v) is 11.5. The molecule has 2 unspecified atom stereocenters. The predicted octanol–water partition coefficient (Wildman–Crippen LogP) is 1.40. The van der Waals surface area contributed by atoms with Gasteiger partial charge in [0.05, 0.1) is 0 Å². The number of piperidine rings is 1. The van der Waals surface area contributed by atoms with Crippen LogP contribution in [0.2, 0.25) is 0 Å². The van der Waals surface area contributed by atoms with Crippen LogP contribution in [0.15, 0.2) is 30.3 Å². The average Bonchev–Trinajstić information content (AvgIpc) is 2.46. The van der Waals surface area contributed by atoms with Crippen molar-refractivity contribution in [2.75, 3.05) is 6.54 Å². The fourth-order valence-electron chi connectivity index (χ4n) is 2.62. The lowest BCUT2D eigenvalue weighted by Crippen LogP contribution is -2.52. The molecule has 0 saturated carbocycles. The Kier molecular flexibility index (Phi) is 4.39. The van der Waals surface area contributed by atoms with Crippen molar-refractivity contribution in [3.05, 3.63) is 35.9 Å². The molecule has 1 amide bonds. The van der Waals surface area contributed by atoms with Gasteiger partial charge in [0.15, 0.2) is 0 Å². The lowest BCUT2D eigenvalue weighted by molar-refractivity contribution is -0.153. The molecule has 0 aromatic heterocycles. The first kappa shape index (κ1) is 14.5. The maximum atomic E-state index is 12.5. The number of likely N-dealkylation sites (tertiary alicyclic amines) is 1. The number of carbonyl (C=O) groups excluding carboxylic acids is 1. The van der Waals surface area contributed by atoms with Crippen LogP contribution in [0.4, 0.5) is 0 Å². The molecule has 0 spiro atoms. The van der Waals surface area contributed by atoms with Crippen LogP contribution in [-0.4, -0.2) is 34.5 Å². The van der Waals surface area contributed by atoms with Gasteiger partial charge in [0.2, 0.25) is 5.91 Å². The van der Waals surface area contributed by atoms with Crippen molar-refractivity contribution >= 4 is 11.9 Å². The number of aliphatic carboxylic acids is 1. The summed E-state index contributed by atoms with van der Waals surface area (Å²) in [5, 5.41) is 9.29. The molecule has 1 heterocycles. The van der Waals surface area contributed by atoms with Crippen LogP contribution >= 0.6 is 0 Å². The summed E-state index contributed by atoms with van der Waals surface area (Å²) < 4.78 is 0. The molecule has 5 nitrogen and oxygen atoms in total. The standard InChI is InChI=1S/C15H20N2O3/c1-10-7-8-17(12(9-10)15(19)20)14(18)13(16)11-5-3-2-4-6-11/h2-6,10,12-13H,7-9,16H2,1H3,(H,19,20)/t10?,12?,13-/m0/s1. The summed E-state index contributed by atoms with van der Waals surface area (Å²) in [4.78, 5) is 25.2. The van der Waals surface area contributed by atoms with E-state index in [0.717, 1.165) is 6.42 Å². The number of carboxylic acid groups (broad SMARTS) is 1. The van der Waals surface area contributed by atoms with Crippen molar-refractivity contribution in [1.82, 2.24) is 4.90 Å². The van der Waals surface area contributed by atoms with E-state index in [1.54, 1.807) is 12.1 Å². The Hall–Kier alpha value is -1.88. The van der Waals surface area contributed by atoms with Gasteiger partial charge in [-0.25, -0.2) is 4.79 Å². The summed E-state index contributed by atoms with van der Waals surface area (Å²) in [5.41, 5.74) is 6.69. The van der Waals surface area contributed by atoms with Crippen molar-refractivity contribution < 1.29 is 14.7 Å². The number of nitrogens with zero attached hydrogens (tertiary/aromatic N) is 1. The maximum Gasteiger partial charge on any atom is 0.326 e. The van der Waals surface area contributed by atoms with Gasteiger partial charge in [0.1, 0.15) is 12.1 Å². The van der Waals surface area contributed by atoms with Crippen LogP contribution < -0.4 is 5.73 Å². The zero-order valence-electron chi connectivity index (χ0n) is 11.5. The zero-order chi connectivity index (χ0) is 14.7. The molecular formula is C15H20N2O3. The molecule has 1 aromatic rings. The van der Waals surface area contributed by atoms with E-state index >= 15 is 0 Å². The fourth-order valence-corrected chi connectivity index (χ4v) is 2.62. The first-order chi connectivity index (χ1) is 9.50. The highest BCUT2D eigenvalue weighted by atomic mass is 16.4. The molecule has 2 rings (SSSR count). The summed E-state index contributed by atoms with van der Waals surface area (Å²) >= 11 is 0. The highest BCUT2D eigenvalue weighted by Crippen LogP contribution is 2.25. The van der Waals surface area contributed by atoms with Gasteiger partial charge in [0.25, 0.3) is 0 Å². The van der Waals surface area contributed by atoms with Gasteiger partial charge in [-0.2, -0.15) is 0 Å². The van der Waals surface area contributed by atoms with Gasteiger partial charge in [0, 0.05) is 6.54 Å². The quantitative estimate of drug-likeness (QED) is 0.874. The third-order valence-corrected chi connectivity index (χ3v) is 3.86. The molecule has 108 valence electrons. The van der Waals surface area contributed by atoms with Crippen molar-refractivity contribution in [2.24, 2.45) is 11.7 Å². The minimum Gasteiger partial charge on any atom is -0.480 e. The second-order valence-electron chi connectivity index (χ2n) is 5.40. The van der Waals surface area contributed by atoms with E-state index in [-0.39, 0.29) is 5.91 Å². The van der Waals surface area contributed by atoms with Gasteiger partial charge < -0.3 is 15.7 Å². The number of nitrogens with two attached hydrogens (primary N) is 1. The molecule has 0 aliphatic carbocycles. The van der Waals surface area contributed by atoms with Crippen LogP contribution in [0.5, 0.6) is 0 Å². The minimum atomic E-state index is -0.954. The topological polar surface area (TPSA) is 83.6 Å². The predicted molar refractivity (Wildman–Crippen MR) is 74.9 cm³/mol. The maximum absolute atomic E-state index is 12.5. The second-order valence-corrected chi connectivity index (χ2v) is 5.40. The van der Waals surface area contributed by atoms with E-state index in [1.807, 2.05) is 25.1 Å². The normalized spacial score (nSPS) is 24.2. The van der Waals surface area contributed by atoms with E-state index in [1.165, 1.54) is 4.90 Å². The van der Waals surface area contributed by atoms with Crippen LogP contribution in [0.25, 0.3) is 0 Å². The average molecular weight is 276 g/mol. The summed E-state index contributed by atoms with van der Waals surface area (Å²) in [6.45, 7) is 2.46. The number of carbonyl (C=O) groups is 2. The summed E-state index contributed by atoms with van der Waals surface area (Å²) in [6, 6.07) is 7.48. The highest BCUT2D eigenvalue weighted by molar-refractivity contribution is 5.88. The Morgan fingerprint density at radius 1 is 1.35 bits per heavy atom. The molecule has 20 heavy (non-hydrogen) atoms. The number of benzene rings is 1. The lowest BCUT2D eigenvalue weighted by Gasteiger charge is -2.37. The van der Waals surface area contributed by atoms with Gasteiger partial charge >= 0.3 is 5.97 Å². The fraction of sp³-hybridized carbons (Fsp3) is 0.467. The van der Waals surface area contributed by atoms with Crippen LogP contribution in [0.3, 0.4) is 0 Å². The monoisotopic (exact) mass is 276 g/mol. The van der Waals surface area contributed by atoms with E-state index in [0.29, 0.717) is 24.4 Å². The highest BCUT2D eigenvalue weighted by Gasteiger charge is 2.36. The Bertz CT molecular complexity index is 489. The molecule has 0 bridgehead atoms. The molecule has 3 atom stereocenters. The summed E-state index contributed by atoms with van der Waals surface area (Å²) in [5.74, 6) is -0.950. The Morgan fingerprint density at radius 3 is 2.60 bits per heavy atom. The molecule has 1 aliphatic heterocycles. The molecule has 3 N–H and O–H groups in total. The largest absolute Gasteiger partial charge is 0.480 e. The summed E-state index contributed by atoms with van der Waals surface area (Å²) in [7, 11) is 0. The lowest BCUT2D eigenvalue weighted by atomic mass is 9.91. The molecule has 1 saturated heterocycles. The number of amides is 1. The first-order valence-corrected chi connectivity index (χ1v) is 6.84. The Morgan fingerprint density at radius 2 is 2.00 bits per heavy atom. The van der Waals surface area contributed by atoms with Crippen LogP contribution in [-0.2, 0) is 9.59 Å². The molecule has 1 aliphatic rings. The Labute approximate surface area is 118 Å². The SMILES string of the molecule is CC1CCN(C(=O)[C@@H](N)c2ccccc2)C(C(=O)O)C1. The smallest absolute Gasteiger partial charge is 0.326 e. The van der Waals surface area contributed by atoms with E-state index < -0.39 is 18.1 Å². The number of carboxylic acids is 1. The molecule has 1 aromatic carbocycles. The van der Waals surface area contributed by atoms with Gasteiger partial charge in [-0.3, -0.25) is 4.79 Å². The van der Waals surface area contributed by atoms with Crippen molar-refractivity contribution in [1.29, 1.82) is 0 Å². The number of hydrogen-bond acceptors (Lipinski definition) is 3. The molecule has 5 heteroatoms. The second kappa shape index (κ2) is 6.05. The van der Waals surface area contributed by atoms with Crippen molar-refractivity contribution in [3.63, 3.8) is 0 Å². The van der Waals surface area contributed by atoms with Crippen LogP contribution in [0, 0.1) is 5.92 Å². The summed E-state index contributed by atoms with van der Waals surface area (Å²) in [6.07, 6.45) is 1.31. The Balaban J connectivity index is 2.16. The molecule has 0 radical (unpaired) electrons. The number of hydrogen-bond donors (Lipinski definition) is 2. The first-order valence-electron chi connectivity index (χ1n) is 6.84. The molecular weight excluding hydrogens is 256 g/mol. The third kappa shape index (κ3) is 2.99. The van der Waals surface area contributed by atoms with Crippen LogP contribution in [0.1, 0.15) is 31.4 Å². The minimum absolute atomic E-state index is 0.310. The van der Waals surface area contributed by atoms with E-state index in [2.05, 4.69) is 0 Å². The van der Waals surface area contributed by atoms with E-state index in [9.17, 15) is 14.7 Å². The van der Waals surface area contributed by atoms with Gasteiger partial charge in [-0.15, -0.1) is 0 Å². The van der Waals surface area contributed by atoms with E-state index in [4.69, 9.17) is 5.73 Å². The molecule has 1 fully saturated rings. The van der Waals surface area contributed by atoms with Gasteiger partial charge in [-0.05, 0) is 24.3 Å². The number of rotatable bonds is 3. The van der Waals surface area contributed by atoms with Crippen molar-refractivity contribution in [2.45, 2.75) is 31.8 Å². The van der Waals surface area contributed by atoms with Gasteiger partial charge in [-0.1, -0.05) is 37.3 Å². The van der Waals surface area contributed by atoms with Crippen molar-refractivity contribution in [3.8, 4) is 0 Å². The third-order valence-electron chi connectivity index (χ3n) is 3.86.